The number of nitrogens with one attached hydrogen (secondary N) is 2. The lowest BCUT2D eigenvalue weighted by atomic mass is 9.93. The van der Waals surface area contributed by atoms with Crippen LogP contribution < -0.4 is 10.6 Å². The second-order valence-electron chi connectivity index (χ2n) is 5.17. The standard InChI is InChI=1S/C14H20N2O.ClH/c1-14(2,12-6-4-3-5-7-12)16-13(17)11-8-9-15-10-11;/h3-7,11,15H,8-10H2,1-2H3,(H,16,17);1H. The summed E-state index contributed by atoms with van der Waals surface area (Å²) < 4.78 is 0. The number of hydrogen-bond acceptors (Lipinski definition) is 2. The lowest BCUT2D eigenvalue weighted by Crippen LogP contribution is -2.44. The first kappa shape index (κ1) is 15.0. The molecule has 2 rings (SSSR count). The number of hydrogen-bond donors (Lipinski definition) is 2. The molecule has 3 nitrogen and oxygen atoms in total. The quantitative estimate of drug-likeness (QED) is 0.881. The van der Waals surface area contributed by atoms with Gasteiger partial charge in [-0.25, -0.2) is 0 Å². The van der Waals surface area contributed by atoms with Gasteiger partial charge in [-0.2, -0.15) is 0 Å². The third kappa shape index (κ3) is 3.47. The number of carbonyl (C=O) groups is 1. The van der Waals surface area contributed by atoms with E-state index >= 15 is 0 Å². The van der Waals surface area contributed by atoms with E-state index in [2.05, 4.69) is 10.6 Å². The Bertz CT molecular complexity index is 386. The Labute approximate surface area is 115 Å². The van der Waals surface area contributed by atoms with E-state index in [0.717, 1.165) is 25.1 Å². The van der Waals surface area contributed by atoms with E-state index in [1.54, 1.807) is 0 Å². The van der Waals surface area contributed by atoms with Crippen LogP contribution in [0.2, 0.25) is 0 Å². The van der Waals surface area contributed by atoms with Crippen molar-refractivity contribution in [3.8, 4) is 0 Å². The predicted octanol–water partition coefficient (Wildman–Crippen LogP) is 2.07. The fourth-order valence-electron chi connectivity index (χ4n) is 2.22. The molecule has 1 aliphatic heterocycles. The lowest BCUT2D eigenvalue weighted by molar-refractivity contribution is -0.126. The zero-order valence-electron chi connectivity index (χ0n) is 10.9. The minimum Gasteiger partial charge on any atom is -0.347 e. The van der Waals surface area contributed by atoms with E-state index in [4.69, 9.17) is 0 Å². The maximum absolute atomic E-state index is 12.1. The number of halogens is 1. The lowest BCUT2D eigenvalue weighted by Gasteiger charge is -2.28. The van der Waals surface area contributed by atoms with Crippen LogP contribution in [-0.2, 0) is 10.3 Å². The molecule has 1 aromatic carbocycles. The molecule has 1 atom stereocenters. The molecule has 4 heteroatoms. The Hall–Kier alpha value is -1.06. The summed E-state index contributed by atoms with van der Waals surface area (Å²) in [5.41, 5.74) is 0.834. The third-order valence-electron chi connectivity index (χ3n) is 3.36. The van der Waals surface area contributed by atoms with Gasteiger partial charge < -0.3 is 10.6 Å². The maximum Gasteiger partial charge on any atom is 0.225 e. The third-order valence-corrected chi connectivity index (χ3v) is 3.36. The van der Waals surface area contributed by atoms with Crippen LogP contribution in [0.4, 0.5) is 0 Å². The summed E-state index contributed by atoms with van der Waals surface area (Å²) in [4.78, 5) is 12.1. The van der Waals surface area contributed by atoms with Gasteiger partial charge in [-0.15, -0.1) is 12.4 Å². The molecule has 1 aromatic rings. The zero-order chi connectivity index (χ0) is 12.3. The van der Waals surface area contributed by atoms with Crippen LogP contribution in [0.25, 0.3) is 0 Å². The first-order chi connectivity index (χ1) is 8.09. The van der Waals surface area contributed by atoms with Gasteiger partial charge in [0.15, 0.2) is 0 Å². The largest absolute Gasteiger partial charge is 0.347 e. The Morgan fingerprint density at radius 2 is 2.00 bits per heavy atom. The molecule has 1 saturated heterocycles. The van der Waals surface area contributed by atoms with E-state index in [0.29, 0.717) is 0 Å². The smallest absolute Gasteiger partial charge is 0.225 e. The number of amides is 1. The summed E-state index contributed by atoms with van der Waals surface area (Å²) in [7, 11) is 0. The Morgan fingerprint density at radius 1 is 1.33 bits per heavy atom. The van der Waals surface area contributed by atoms with Gasteiger partial charge >= 0.3 is 0 Å². The van der Waals surface area contributed by atoms with Crippen LogP contribution in [-0.4, -0.2) is 19.0 Å². The predicted molar refractivity (Wildman–Crippen MR) is 75.8 cm³/mol. The van der Waals surface area contributed by atoms with Crippen molar-refractivity contribution in [1.29, 1.82) is 0 Å². The van der Waals surface area contributed by atoms with Crippen molar-refractivity contribution in [3.05, 3.63) is 35.9 Å². The van der Waals surface area contributed by atoms with E-state index in [1.165, 1.54) is 0 Å². The minimum atomic E-state index is -0.305. The summed E-state index contributed by atoms with van der Waals surface area (Å²) in [6.07, 6.45) is 0.941. The summed E-state index contributed by atoms with van der Waals surface area (Å²) in [6.45, 7) is 5.84. The number of carbonyl (C=O) groups excluding carboxylic acids is 1. The highest BCUT2D eigenvalue weighted by atomic mass is 35.5. The molecule has 100 valence electrons. The maximum atomic E-state index is 12.1. The van der Waals surface area contributed by atoms with E-state index in [9.17, 15) is 4.79 Å². The van der Waals surface area contributed by atoms with Gasteiger partial charge in [0.25, 0.3) is 0 Å². The second kappa shape index (κ2) is 6.21. The van der Waals surface area contributed by atoms with Crippen LogP contribution in [0.1, 0.15) is 25.8 Å². The highest BCUT2D eigenvalue weighted by Crippen LogP contribution is 2.20. The van der Waals surface area contributed by atoms with Crippen molar-refractivity contribution in [2.75, 3.05) is 13.1 Å². The molecule has 0 aliphatic carbocycles. The van der Waals surface area contributed by atoms with Crippen LogP contribution in [0.15, 0.2) is 30.3 Å². The molecule has 0 aromatic heterocycles. The molecule has 1 heterocycles. The van der Waals surface area contributed by atoms with Gasteiger partial charge in [0.1, 0.15) is 0 Å². The minimum absolute atomic E-state index is 0. The van der Waals surface area contributed by atoms with Gasteiger partial charge in [0, 0.05) is 6.54 Å². The van der Waals surface area contributed by atoms with Crippen molar-refractivity contribution in [2.45, 2.75) is 25.8 Å². The first-order valence-electron chi connectivity index (χ1n) is 6.18. The van der Waals surface area contributed by atoms with Gasteiger partial charge in [0.2, 0.25) is 5.91 Å². The zero-order valence-corrected chi connectivity index (χ0v) is 11.7. The van der Waals surface area contributed by atoms with E-state index in [1.807, 2.05) is 44.2 Å². The summed E-state index contributed by atoms with van der Waals surface area (Å²) >= 11 is 0. The molecule has 18 heavy (non-hydrogen) atoms. The Balaban J connectivity index is 0.00000162. The summed E-state index contributed by atoms with van der Waals surface area (Å²) in [6, 6.07) is 10.1. The van der Waals surface area contributed by atoms with Crippen molar-refractivity contribution >= 4 is 18.3 Å². The molecule has 1 unspecified atom stereocenters. The highest BCUT2D eigenvalue weighted by Gasteiger charge is 2.28. The van der Waals surface area contributed by atoms with Crippen LogP contribution in [0, 0.1) is 5.92 Å². The SMILES string of the molecule is CC(C)(NC(=O)C1CCNC1)c1ccccc1.Cl. The molecule has 0 spiro atoms. The van der Waals surface area contributed by atoms with Gasteiger partial charge in [-0.1, -0.05) is 30.3 Å². The summed E-state index contributed by atoms with van der Waals surface area (Å²) in [5, 5.41) is 6.35. The average molecular weight is 269 g/mol. The second-order valence-corrected chi connectivity index (χ2v) is 5.17. The van der Waals surface area contributed by atoms with E-state index in [-0.39, 0.29) is 29.8 Å². The number of benzene rings is 1. The monoisotopic (exact) mass is 268 g/mol. The fourth-order valence-corrected chi connectivity index (χ4v) is 2.22. The van der Waals surface area contributed by atoms with Crippen molar-refractivity contribution < 1.29 is 4.79 Å². The Kier molecular flexibility index (Phi) is 5.17. The van der Waals surface area contributed by atoms with Crippen LogP contribution in [0.5, 0.6) is 0 Å². The highest BCUT2D eigenvalue weighted by molar-refractivity contribution is 5.85. The molecule has 0 bridgehead atoms. The molecule has 0 radical (unpaired) electrons. The molecule has 2 N–H and O–H groups in total. The molecule has 1 fully saturated rings. The van der Waals surface area contributed by atoms with Crippen molar-refractivity contribution in [1.82, 2.24) is 10.6 Å². The van der Waals surface area contributed by atoms with Crippen molar-refractivity contribution in [2.24, 2.45) is 5.92 Å². The van der Waals surface area contributed by atoms with Crippen LogP contribution >= 0.6 is 12.4 Å². The van der Waals surface area contributed by atoms with Crippen molar-refractivity contribution in [3.63, 3.8) is 0 Å². The fraction of sp³-hybridized carbons (Fsp3) is 0.500. The number of rotatable bonds is 3. The van der Waals surface area contributed by atoms with Gasteiger partial charge in [-0.3, -0.25) is 4.79 Å². The van der Waals surface area contributed by atoms with Crippen LogP contribution in [0.3, 0.4) is 0 Å². The Morgan fingerprint density at radius 3 is 2.56 bits per heavy atom. The molecule has 1 amide bonds. The molecular weight excluding hydrogens is 248 g/mol. The van der Waals surface area contributed by atoms with Gasteiger partial charge in [-0.05, 0) is 32.4 Å². The van der Waals surface area contributed by atoms with E-state index < -0.39 is 0 Å². The molecular formula is C14H21ClN2O. The average Bonchev–Trinajstić information content (AvgIpc) is 2.83. The van der Waals surface area contributed by atoms with Gasteiger partial charge in [0.05, 0.1) is 11.5 Å². The normalized spacial score (nSPS) is 19.1. The first-order valence-corrected chi connectivity index (χ1v) is 6.18. The topological polar surface area (TPSA) is 41.1 Å². The molecule has 0 saturated carbocycles. The molecule has 1 aliphatic rings. The summed E-state index contributed by atoms with van der Waals surface area (Å²) in [5.74, 6) is 0.279.